The van der Waals surface area contributed by atoms with Crippen molar-refractivity contribution >= 4 is 5.78 Å². The molecule has 0 bridgehead atoms. The Hall–Kier alpha value is -1.23. The number of ketones is 1. The number of aromatic nitrogens is 3. The number of hydrogen-bond donors (Lipinski definition) is 1. The van der Waals surface area contributed by atoms with E-state index in [1.54, 1.807) is 6.33 Å². The first-order chi connectivity index (χ1) is 9.78. The summed E-state index contributed by atoms with van der Waals surface area (Å²) in [4.78, 5) is 16.7. The maximum Gasteiger partial charge on any atom is 0.157 e. The van der Waals surface area contributed by atoms with Gasteiger partial charge >= 0.3 is 0 Å². The maximum absolute atomic E-state index is 12.5. The molecular formula is C15H24N4O. The van der Waals surface area contributed by atoms with Gasteiger partial charge in [0.2, 0.25) is 0 Å². The second-order valence-electron chi connectivity index (χ2n) is 6.15. The number of nitrogens with zero attached hydrogens (tertiary/aromatic N) is 3. The highest BCUT2D eigenvalue weighted by Crippen LogP contribution is 2.33. The largest absolute Gasteiger partial charge is 0.304 e. The van der Waals surface area contributed by atoms with Gasteiger partial charge in [-0.05, 0) is 31.6 Å². The van der Waals surface area contributed by atoms with Crippen molar-refractivity contribution in [2.75, 3.05) is 0 Å². The summed E-state index contributed by atoms with van der Waals surface area (Å²) in [5, 5.41) is 7.74. The van der Waals surface area contributed by atoms with Crippen LogP contribution >= 0.6 is 0 Å². The molecule has 1 aliphatic heterocycles. The Morgan fingerprint density at radius 2 is 2.30 bits per heavy atom. The molecule has 3 rings (SSSR count). The summed E-state index contributed by atoms with van der Waals surface area (Å²) in [6.45, 7) is 2.95. The van der Waals surface area contributed by atoms with Gasteiger partial charge in [-0.2, -0.15) is 5.10 Å². The third-order valence-corrected chi connectivity index (χ3v) is 4.71. The van der Waals surface area contributed by atoms with Crippen LogP contribution in [0.3, 0.4) is 0 Å². The van der Waals surface area contributed by atoms with Crippen molar-refractivity contribution < 1.29 is 4.79 Å². The molecule has 5 nitrogen and oxygen atoms in total. The molecule has 3 atom stereocenters. The van der Waals surface area contributed by atoms with Crippen molar-refractivity contribution in [3.05, 3.63) is 12.2 Å². The van der Waals surface area contributed by atoms with Crippen molar-refractivity contribution in [3.63, 3.8) is 0 Å². The Kier molecular flexibility index (Phi) is 4.15. The zero-order valence-corrected chi connectivity index (χ0v) is 12.2. The lowest BCUT2D eigenvalue weighted by atomic mass is 9.84. The van der Waals surface area contributed by atoms with Crippen LogP contribution in [0.4, 0.5) is 0 Å². The lowest BCUT2D eigenvalue weighted by Gasteiger charge is -2.24. The highest BCUT2D eigenvalue weighted by Gasteiger charge is 2.38. The third kappa shape index (κ3) is 2.77. The summed E-state index contributed by atoms with van der Waals surface area (Å²) >= 11 is 0. The average molecular weight is 276 g/mol. The third-order valence-electron chi connectivity index (χ3n) is 4.71. The number of carbonyl (C=O) groups is 1. The molecule has 0 radical (unpaired) electrons. The Morgan fingerprint density at radius 3 is 3.10 bits per heavy atom. The van der Waals surface area contributed by atoms with Crippen molar-refractivity contribution in [1.29, 1.82) is 0 Å². The summed E-state index contributed by atoms with van der Waals surface area (Å²) in [6, 6.07) is 0.612. The van der Waals surface area contributed by atoms with Crippen LogP contribution in [0.1, 0.15) is 51.3 Å². The van der Waals surface area contributed by atoms with Crippen LogP contribution in [-0.4, -0.2) is 32.6 Å². The first kappa shape index (κ1) is 13.7. The van der Waals surface area contributed by atoms with Gasteiger partial charge in [0.05, 0.1) is 12.5 Å². The summed E-state index contributed by atoms with van der Waals surface area (Å²) < 4.78 is 1.86. The number of carbonyl (C=O) groups excluding carboxylic acids is 1. The minimum atomic E-state index is 0.0369. The smallest absolute Gasteiger partial charge is 0.157 e. The minimum absolute atomic E-state index is 0.0369. The number of nitrogens with one attached hydrogen (secondary N) is 1. The van der Waals surface area contributed by atoms with Crippen LogP contribution in [0.25, 0.3) is 0 Å². The van der Waals surface area contributed by atoms with Gasteiger partial charge in [0, 0.05) is 12.6 Å². The normalized spacial score (nSPS) is 29.4. The SMILES string of the molecule is CCCn1ncnc1CC(=O)C1CC2CCCCC2N1. The molecule has 1 saturated heterocycles. The summed E-state index contributed by atoms with van der Waals surface area (Å²) in [5.74, 6) is 1.81. The highest BCUT2D eigenvalue weighted by molar-refractivity contribution is 5.85. The summed E-state index contributed by atoms with van der Waals surface area (Å²) in [5.41, 5.74) is 0. The highest BCUT2D eigenvalue weighted by atomic mass is 16.1. The van der Waals surface area contributed by atoms with E-state index in [4.69, 9.17) is 0 Å². The van der Waals surface area contributed by atoms with Crippen molar-refractivity contribution in [2.45, 2.75) is 70.5 Å². The van der Waals surface area contributed by atoms with Gasteiger partial charge in [-0.1, -0.05) is 19.8 Å². The molecule has 2 heterocycles. The van der Waals surface area contributed by atoms with Crippen LogP contribution in [-0.2, 0) is 17.8 Å². The van der Waals surface area contributed by atoms with Gasteiger partial charge in [-0.15, -0.1) is 0 Å². The van der Waals surface area contributed by atoms with E-state index < -0.39 is 0 Å². The van der Waals surface area contributed by atoms with Crippen LogP contribution in [0.5, 0.6) is 0 Å². The summed E-state index contributed by atoms with van der Waals surface area (Å²) in [6.07, 6.45) is 9.15. The van der Waals surface area contributed by atoms with Gasteiger partial charge in [0.15, 0.2) is 5.78 Å². The number of aryl methyl sites for hydroxylation is 1. The Morgan fingerprint density at radius 1 is 1.45 bits per heavy atom. The van der Waals surface area contributed by atoms with Gasteiger partial charge in [0.25, 0.3) is 0 Å². The minimum Gasteiger partial charge on any atom is -0.304 e. The quantitative estimate of drug-likeness (QED) is 0.889. The van der Waals surface area contributed by atoms with E-state index in [0.29, 0.717) is 18.4 Å². The molecule has 110 valence electrons. The van der Waals surface area contributed by atoms with E-state index in [2.05, 4.69) is 22.3 Å². The van der Waals surface area contributed by atoms with Gasteiger partial charge in [0.1, 0.15) is 12.2 Å². The lowest BCUT2D eigenvalue weighted by molar-refractivity contribution is -0.120. The predicted octanol–water partition coefficient (Wildman–Crippen LogP) is 1.72. The zero-order valence-electron chi connectivity index (χ0n) is 12.2. The number of hydrogen-bond acceptors (Lipinski definition) is 4. The fraction of sp³-hybridized carbons (Fsp3) is 0.800. The van der Waals surface area contributed by atoms with Crippen LogP contribution in [0.15, 0.2) is 6.33 Å². The fourth-order valence-corrected chi connectivity index (χ4v) is 3.67. The summed E-state index contributed by atoms with van der Waals surface area (Å²) in [7, 11) is 0. The average Bonchev–Trinajstić information content (AvgIpc) is 3.06. The topological polar surface area (TPSA) is 59.8 Å². The van der Waals surface area contributed by atoms with Gasteiger partial charge < -0.3 is 5.32 Å². The number of fused-ring (bicyclic) bond motifs is 1. The predicted molar refractivity (Wildman–Crippen MR) is 76.3 cm³/mol. The lowest BCUT2D eigenvalue weighted by Crippen LogP contribution is -2.38. The molecule has 3 unspecified atom stereocenters. The zero-order chi connectivity index (χ0) is 13.9. The molecule has 1 N–H and O–H groups in total. The van der Waals surface area contributed by atoms with Crippen LogP contribution in [0.2, 0.25) is 0 Å². The van der Waals surface area contributed by atoms with Crippen molar-refractivity contribution in [1.82, 2.24) is 20.1 Å². The molecule has 1 aromatic rings. The first-order valence-corrected chi connectivity index (χ1v) is 7.93. The van der Waals surface area contributed by atoms with E-state index in [1.807, 2.05) is 4.68 Å². The van der Waals surface area contributed by atoms with E-state index in [1.165, 1.54) is 25.7 Å². The molecule has 5 heteroatoms. The number of Topliss-reactive ketones (excluding diaryl/α,β-unsaturated/α-hetero) is 1. The first-order valence-electron chi connectivity index (χ1n) is 7.93. The molecule has 1 aromatic heterocycles. The molecule has 1 saturated carbocycles. The molecule has 2 aliphatic rings. The van der Waals surface area contributed by atoms with Crippen LogP contribution < -0.4 is 5.32 Å². The molecular weight excluding hydrogens is 252 g/mol. The molecule has 0 spiro atoms. The Balaban J connectivity index is 1.60. The molecule has 1 aliphatic carbocycles. The van der Waals surface area contributed by atoms with Crippen molar-refractivity contribution in [3.8, 4) is 0 Å². The second kappa shape index (κ2) is 6.04. The molecule has 0 aromatic carbocycles. The fourth-order valence-electron chi connectivity index (χ4n) is 3.67. The standard InChI is InChI=1S/C15H24N4O/c1-2-7-19-15(16-10-17-19)9-14(20)13-8-11-5-3-4-6-12(11)18-13/h10-13,18H,2-9H2,1H3. The van der Waals surface area contributed by atoms with Crippen LogP contribution in [0, 0.1) is 5.92 Å². The Labute approximate surface area is 120 Å². The maximum atomic E-state index is 12.5. The molecule has 0 amide bonds. The second-order valence-corrected chi connectivity index (χ2v) is 6.15. The number of rotatable bonds is 5. The van der Waals surface area contributed by atoms with E-state index >= 15 is 0 Å². The van der Waals surface area contributed by atoms with Crippen molar-refractivity contribution in [2.24, 2.45) is 5.92 Å². The molecule has 20 heavy (non-hydrogen) atoms. The Bertz CT molecular complexity index is 456. The van der Waals surface area contributed by atoms with E-state index in [-0.39, 0.29) is 11.8 Å². The molecule has 2 fully saturated rings. The van der Waals surface area contributed by atoms with E-state index in [0.717, 1.165) is 25.2 Å². The van der Waals surface area contributed by atoms with Gasteiger partial charge in [-0.3, -0.25) is 4.79 Å². The monoisotopic (exact) mass is 276 g/mol. The van der Waals surface area contributed by atoms with Gasteiger partial charge in [-0.25, -0.2) is 9.67 Å². The van der Waals surface area contributed by atoms with E-state index in [9.17, 15) is 4.79 Å².